The van der Waals surface area contributed by atoms with E-state index in [4.69, 9.17) is 0 Å². The van der Waals surface area contributed by atoms with Crippen LogP contribution in [0.5, 0.6) is 0 Å². The van der Waals surface area contributed by atoms with Gasteiger partial charge in [0.1, 0.15) is 0 Å². The monoisotopic (exact) mass is 500 g/mol. The molecule has 1 aromatic carbocycles. The predicted molar refractivity (Wildman–Crippen MR) is 139 cm³/mol. The molecule has 190 valence electrons. The molecule has 1 amide bonds. The molecule has 1 aliphatic carbocycles. The Morgan fingerprint density at radius 2 is 1.49 bits per heavy atom. The van der Waals surface area contributed by atoms with Crippen molar-refractivity contribution in [3.8, 4) is 0 Å². The van der Waals surface area contributed by atoms with Gasteiger partial charge in [-0.15, -0.1) is 0 Å². The zero-order chi connectivity index (χ0) is 25.1. The van der Waals surface area contributed by atoms with Gasteiger partial charge in [0.25, 0.3) is 0 Å². The molecule has 2 N–H and O–H groups in total. The van der Waals surface area contributed by atoms with E-state index >= 15 is 0 Å². The summed E-state index contributed by atoms with van der Waals surface area (Å²) < 4.78 is 26.8. The summed E-state index contributed by atoms with van der Waals surface area (Å²) in [6.45, 7) is 8.56. The average Bonchev–Trinajstić information content (AvgIpc) is 2.85. The van der Waals surface area contributed by atoms with Crippen molar-refractivity contribution in [1.29, 1.82) is 0 Å². The molecule has 1 aromatic heterocycles. The third-order valence-electron chi connectivity index (χ3n) is 6.84. The van der Waals surface area contributed by atoms with Gasteiger partial charge in [-0.1, -0.05) is 0 Å². The number of carbonyl (C=O) groups excluding carboxylic acids is 1. The molecule has 0 unspecified atom stereocenters. The predicted octanol–water partition coefficient (Wildman–Crippen LogP) is 3.02. The fraction of sp³-hybridized carbons (Fsp3) is 0.560. The second-order valence-corrected chi connectivity index (χ2v) is 12.8. The lowest BCUT2D eigenvalue weighted by Gasteiger charge is -2.36. The van der Waals surface area contributed by atoms with Gasteiger partial charge in [-0.05, 0) is 76.8 Å². The second kappa shape index (κ2) is 10.5. The first-order valence-electron chi connectivity index (χ1n) is 12.3. The molecule has 10 heteroatoms. The number of sulfonamides is 1. The summed E-state index contributed by atoms with van der Waals surface area (Å²) in [6, 6.07) is 9.71. The molecule has 1 saturated carbocycles. The highest BCUT2D eigenvalue weighted by Crippen LogP contribution is 2.28. The number of rotatable bonds is 6. The number of hydrogen-bond acceptors (Lipinski definition) is 7. The lowest BCUT2D eigenvalue weighted by atomic mass is 9.86. The zero-order valence-electron chi connectivity index (χ0n) is 20.8. The molecule has 1 aliphatic heterocycles. The minimum absolute atomic E-state index is 0.00588. The molecule has 1 saturated heterocycles. The van der Waals surface area contributed by atoms with Crippen molar-refractivity contribution >= 4 is 33.3 Å². The van der Waals surface area contributed by atoms with Crippen LogP contribution in [-0.2, 0) is 14.8 Å². The van der Waals surface area contributed by atoms with Gasteiger partial charge < -0.3 is 15.1 Å². The minimum Gasteiger partial charge on any atom is -0.368 e. The molecule has 9 nitrogen and oxygen atoms in total. The van der Waals surface area contributed by atoms with Crippen LogP contribution < -0.4 is 19.8 Å². The van der Waals surface area contributed by atoms with Crippen LogP contribution >= 0.6 is 0 Å². The van der Waals surface area contributed by atoms with Gasteiger partial charge in [-0.25, -0.2) is 23.1 Å². The van der Waals surface area contributed by atoms with Crippen LogP contribution in [0.4, 0.5) is 17.3 Å². The van der Waals surface area contributed by atoms with E-state index in [1.807, 2.05) is 30.3 Å². The Bertz CT molecular complexity index is 1090. The average molecular weight is 501 g/mol. The van der Waals surface area contributed by atoms with Gasteiger partial charge in [-0.3, -0.25) is 4.79 Å². The zero-order valence-corrected chi connectivity index (χ0v) is 21.6. The fourth-order valence-corrected chi connectivity index (χ4v) is 5.52. The Labute approximate surface area is 208 Å². The first-order valence-corrected chi connectivity index (χ1v) is 13.8. The molecule has 2 heterocycles. The Morgan fingerprint density at radius 1 is 0.914 bits per heavy atom. The highest BCUT2D eigenvalue weighted by atomic mass is 32.2. The van der Waals surface area contributed by atoms with E-state index < -0.39 is 14.8 Å². The van der Waals surface area contributed by atoms with Crippen molar-refractivity contribution in [3.63, 3.8) is 0 Å². The molecule has 0 radical (unpaired) electrons. The van der Waals surface area contributed by atoms with Crippen molar-refractivity contribution in [2.45, 2.75) is 57.2 Å². The van der Waals surface area contributed by atoms with E-state index in [2.05, 4.69) is 29.8 Å². The molecule has 0 atom stereocenters. The molecule has 0 bridgehead atoms. The second-order valence-electron chi connectivity index (χ2n) is 10.3. The minimum atomic E-state index is -3.38. The summed E-state index contributed by atoms with van der Waals surface area (Å²) in [5, 5.41) is 3.04. The van der Waals surface area contributed by atoms with Crippen molar-refractivity contribution in [3.05, 3.63) is 42.7 Å². The number of nitrogens with one attached hydrogen (secondary N) is 2. The maximum absolute atomic E-state index is 12.8. The van der Waals surface area contributed by atoms with Gasteiger partial charge in [-0.2, -0.15) is 0 Å². The van der Waals surface area contributed by atoms with Crippen LogP contribution in [0, 0.1) is 5.92 Å². The Morgan fingerprint density at radius 3 is 2.06 bits per heavy atom. The third kappa shape index (κ3) is 6.29. The summed E-state index contributed by atoms with van der Waals surface area (Å²) in [6.07, 6.45) is 6.23. The molecule has 0 spiro atoms. The number of hydrogen-bond donors (Lipinski definition) is 2. The molecule has 35 heavy (non-hydrogen) atoms. The lowest BCUT2D eigenvalue weighted by molar-refractivity contribution is -0.120. The van der Waals surface area contributed by atoms with Crippen LogP contribution in [0.2, 0.25) is 0 Å². The SMILES string of the molecule is CC(C)(C)S(=O)(=O)N[C@H]1CC[C@H](C(=O)Nc2ccc(N3CCN(c4ncccn4)CC3)cc2)CC1. The van der Waals surface area contributed by atoms with Gasteiger partial charge in [0.2, 0.25) is 21.9 Å². The number of piperazine rings is 1. The van der Waals surface area contributed by atoms with Crippen LogP contribution in [0.15, 0.2) is 42.7 Å². The lowest BCUT2D eigenvalue weighted by Crippen LogP contribution is -2.47. The van der Waals surface area contributed by atoms with Crippen LogP contribution in [-0.4, -0.2) is 61.3 Å². The van der Waals surface area contributed by atoms with E-state index in [9.17, 15) is 13.2 Å². The Hall–Kier alpha value is -2.72. The Kier molecular flexibility index (Phi) is 7.61. The summed E-state index contributed by atoms with van der Waals surface area (Å²) >= 11 is 0. The third-order valence-corrected chi connectivity index (χ3v) is 9.10. The maximum Gasteiger partial charge on any atom is 0.227 e. The Balaban J connectivity index is 1.24. The molecule has 2 aromatic rings. The largest absolute Gasteiger partial charge is 0.368 e. The van der Waals surface area contributed by atoms with Gasteiger partial charge in [0.15, 0.2) is 0 Å². The summed E-state index contributed by atoms with van der Waals surface area (Å²) in [5.74, 6) is 0.676. The fourth-order valence-electron chi connectivity index (χ4n) is 4.49. The first kappa shape index (κ1) is 25.4. The number of aromatic nitrogens is 2. The maximum atomic E-state index is 12.8. The number of nitrogens with zero attached hydrogens (tertiary/aromatic N) is 4. The van der Waals surface area contributed by atoms with E-state index in [-0.39, 0.29) is 17.9 Å². The number of benzene rings is 1. The van der Waals surface area contributed by atoms with Gasteiger partial charge in [0.05, 0.1) is 4.75 Å². The van der Waals surface area contributed by atoms with Gasteiger partial charge >= 0.3 is 0 Å². The topological polar surface area (TPSA) is 108 Å². The highest BCUT2D eigenvalue weighted by Gasteiger charge is 2.34. The van der Waals surface area contributed by atoms with Crippen LogP contribution in [0.1, 0.15) is 46.5 Å². The molecule has 2 fully saturated rings. The quantitative estimate of drug-likeness (QED) is 0.628. The number of anilines is 3. The molecular formula is C25H36N6O3S. The highest BCUT2D eigenvalue weighted by molar-refractivity contribution is 7.90. The number of carbonyl (C=O) groups is 1. The summed E-state index contributed by atoms with van der Waals surface area (Å²) in [5.41, 5.74) is 1.91. The van der Waals surface area contributed by atoms with E-state index in [1.54, 1.807) is 33.2 Å². The van der Waals surface area contributed by atoms with Crippen LogP contribution in [0.25, 0.3) is 0 Å². The van der Waals surface area contributed by atoms with E-state index in [0.717, 1.165) is 43.5 Å². The van der Waals surface area contributed by atoms with E-state index in [1.165, 1.54) is 0 Å². The molecular weight excluding hydrogens is 464 g/mol. The van der Waals surface area contributed by atoms with E-state index in [0.29, 0.717) is 25.7 Å². The van der Waals surface area contributed by atoms with Gasteiger partial charge in [0, 0.05) is 61.9 Å². The van der Waals surface area contributed by atoms with Crippen LogP contribution in [0.3, 0.4) is 0 Å². The van der Waals surface area contributed by atoms with Crippen molar-refractivity contribution in [2.24, 2.45) is 5.92 Å². The smallest absolute Gasteiger partial charge is 0.227 e. The van der Waals surface area contributed by atoms with Crippen molar-refractivity contribution < 1.29 is 13.2 Å². The first-order chi connectivity index (χ1) is 16.6. The normalized spacial score (nSPS) is 21.6. The molecule has 4 rings (SSSR count). The van der Waals surface area contributed by atoms with Crippen molar-refractivity contribution in [1.82, 2.24) is 14.7 Å². The number of amides is 1. The summed E-state index contributed by atoms with van der Waals surface area (Å²) in [4.78, 5) is 26.0. The summed E-state index contributed by atoms with van der Waals surface area (Å²) in [7, 11) is -3.38. The molecule has 2 aliphatic rings. The van der Waals surface area contributed by atoms with Crippen molar-refractivity contribution in [2.75, 3.05) is 41.3 Å². The standard InChI is InChI=1S/C25H36N6O3S/c1-25(2,3)35(33,34)29-21-7-5-19(6-8-21)23(32)28-20-9-11-22(12-10-20)30-15-17-31(18-16-30)24-26-13-4-14-27-24/h4,9-14,19,21,29H,5-8,15-18H2,1-3H3,(H,28,32)/t19-,21-.